The number of rotatable bonds is 6. The molecule has 0 saturated carbocycles. The molecule has 2 N–H and O–H groups in total. The second kappa shape index (κ2) is 6.11. The van der Waals surface area contributed by atoms with Gasteiger partial charge in [0.05, 0.1) is 6.42 Å². The molecule has 1 unspecified atom stereocenters. The molecular weight excluding hydrogens is 241 g/mol. The summed E-state index contributed by atoms with van der Waals surface area (Å²) in [4.78, 5) is 22.9. The van der Waals surface area contributed by atoms with Crippen molar-refractivity contribution in [2.45, 2.75) is 19.0 Å². The second-order valence-electron chi connectivity index (χ2n) is 4.00. The molecule has 0 radical (unpaired) electrons. The fourth-order valence-corrected chi connectivity index (χ4v) is 1.63. The predicted octanol–water partition coefficient (Wildman–Crippen LogP) is 1.19. The van der Waals surface area contributed by atoms with E-state index in [2.05, 4.69) is 0 Å². The maximum atomic E-state index is 13.0. The number of hydrogen-bond donors (Lipinski definition) is 2. The Balaban J connectivity index is 2.75. The molecular formula is C12H14FNO4. The number of benzene rings is 1. The number of carbonyl (C=O) groups is 2. The van der Waals surface area contributed by atoms with Crippen LogP contribution in [0.15, 0.2) is 24.3 Å². The Bertz CT molecular complexity index is 449. The number of carboxylic acids is 2. The lowest BCUT2D eigenvalue weighted by molar-refractivity contribution is -0.149. The molecule has 0 aromatic heterocycles. The molecule has 0 heterocycles. The van der Waals surface area contributed by atoms with Gasteiger partial charge in [-0.3, -0.25) is 14.5 Å². The van der Waals surface area contributed by atoms with Gasteiger partial charge in [-0.1, -0.05) is 12.1 Å². The van der Waals surface area contributed by atoms with Gasteiger partial charge in [-0.25, -0.2) is 4.39 Å². The van der Waals surface area contributed by atoms with Crippen LogP contribution in [0.1, 0.15) is 12.0 Å². The molecule has 98 valence electrons. The van der Waals surface area contributed by atoms with Gasteiger partial charge in [-0.15, -0.1) is 0 Å². The van der Waals surface area contributed by atoms with Crippen molar-refractivity contribution in [3.8, 4) is 0 Å². The zero-order chi connectivity index (χ0) is 13.7. The molecule has 0 aliphatic rings. The average Bonchev–Trinajstić information content (AvgIpc) is 2.25. The van der Waals surface area contributed by atoms with Gasteiger partial charge in [0, 0.05) is 6.54 Å². The summed E-state index contributed by atoms with van der Waals surface area (Å²) in [7, 11) is 1.49. The smallest absolute Gasteiger partial charge is 0.321 e. The molecule has 1 aromatic rings. The Morgan fingerprint density at radius 1 is 1.39 bits per heavy atom. The van der Waals surface area contributed by atoms with E-state index in [4.69, 9.17) is 10.2 Å². The summed E-state index contributed by atoms with van der Waals surface area (Å²) in [5, 5.41) is 17.6. The number of aliphatic carboxylic acids is 2. The Kier molecular flexibility index (Phi) is 4.79. The van der Waals surface area contributed by atoms with E-state index in [-0.39, 0.29) is 6.54 Å². The molecule has 0 fully saturated rings. The molecule has 0 aliphatic heterocycles. The Morgan fingerprint density at radius 3 is 2.56 bits per heavy atom. The van der Waals surface area contributed by atoms with E-state index in [0.717, 1.165) is 0 Å². The number of halogens is 1. The van der Waals surface area contributed by atoms with Crippen LogP contribution in [0, 0.1) is 5.82 Å². The Labute approximate surface area is 103 Å². The third-order valence-corrected chi connectivity index (χ3v) is 2.51. The average molecular weight is 255 g/mol. The molecule has 0 aliphatic carbocycles. The first-order chi connectivity index (χ1) is 8.40. The van der Waals surface area contributed by atoms with E-state index in [0.29, 0.717) is 5.56 Å². The highest BCUT2D eigenvalue weighted by Gasteiger charge is 2.25. The molecule has 1 rings (SSSR count). The van der Waals surface area contributed by atoms with Crippen LogP contribution in [0.25, 0.3) is 0 Å². The zero-order valence-electron chi connectivity index (χ0n) is 9.84. The van der Waals surface area contributed by atoms with E-state index < -0.39 is 30.2 Å². The van der Waals surface area contributed by atoms with Crippen LogP contribution in [0.2, 0.25) is 0 Å². The van der Waals surface area contributed by atoms with Crippen molar-refractivity contribution in [1.82, 2.24) is 4.90 Å². The molecule has 0 amide bonds. The fraction of sp³-hybridized carbons (Fsp3) is 0.333. The van der Waals surface area contributed by atoms with Crippen molar-refractivity contribution in [1.29, 1.82) is 0 Å². The van der Waals surface area contributed by atoms with Crippen LogP contribution < -0.4 is 0 Å². The van der Waals surface area contributed by atoms with Crippen molar-refractivity contribution >= 4 is 11.9 Å². The minimum atomic E-state index is -1.21. The van der Waals surface area contributed by atoms with E-state index in [1.165, 1.54) is 30.1 Å². The van der Waals surface area contributed by atoms with E-state index in [9.17, 15) is 14.0 Å². The number of carboxylic acid groups (broad SMARTS) is 2. The van der Waals surface area contributed by atoms with Crippen LogP contribution >= 0.6 is 0 Å². The molecule has 5 nitrogen and oxygen atoms in total. The minimum Gasteiger partial charge on any atom is -0.481 e. The molecule has 0 spiro atoms. The van der Waals surface area contributed by atoms with Crippen LogP contribution in [0.3, 0.4) is 0 Å². The van der Waals surface area contributed by atoms with Gasteiger partial charge in [0.2, 0.25) is 0 Å². The largest absolute Gasteiger partial charge is 0.481 e. The lowest BCUT2D eigenvalue weighted by atomic mass is 10.1. The summed E-state index contributed by atoms with van der Waals surface area (Å²) in [6.07, 6.45) is -0.499. The fourth-order valence-electron chi connectivity index (χ4n) is 1.63. The van der Waals surface area contributed by atoms with Gasteiger partial charge in [0.1, 0.15) is 11.9 Å². The maximum absolute atomic E-state index is 13.0. The van der Waals surface area contributed by atoms with Crippen molar-refractivity contribution in [2.75, 3.05) is 7.05 Å². The SMILES string of the molecule is CN(Cc1cccc(F)c1)C(CC(=O)O)C(=O)O. The lowest BCUT2D eigenvalue weighted by Gasteiger charge is -2.23. The summed E-state index contributed by atoms with van der Waals surface area (Å²) >= 11 is 0. The van der Waals surface area contributed by atoms with E-state index >= 15 is 0 Å². The molecule has 0 saturated heterocycles. The van der Waals surface area contributed by atoms with Crippen molar-refractivity contribution in [3.05, 3.63) is 35.6 Å². The normalized spacial score (nSPS) is 12.4. The van der Waals surface area contributed by atoms with Crippen LogP contribution in [-0.2, 0) is 16.1 Å². The first-order valence-corrected chi connectivity index (χ1v) is 5.29. The highest BCUT2D eigenvalue weighted by Crippen LogP contribution is 2.10. The summed E-state index contributed by atoms with van der Waals surface area (Å²) in [6, 6.07) is 4.61. The third-order valence-electron chi connectivity index (χ3n) is 2.51. The van der Waals surface area contributed by atoms with E-state index in [1.54, 1.807) is 6.07 Å². The van der Waals surface area contributed by atoms with Crippen molar-refractivity contribution in [2.24, 2.45) is 0 Å². The lowest BCUT2D eigenvalue weighted by Crippen LogP contribution is -2.39. The van der Waals surface area contributed by atoms with Gasteiger partial charge >= 0.3 is 11.9 Å². The number of hydrogen-bond acceptors (Lipinski definition) is 3. The van der Waals surface area contributed by atoms with Gasteiger partial charge in [0.15, 0.2) is 0 Å². The third kappa shape index (κ3) is 4.14. The molecule has 0 bridgehead atoms. The monoisotopic (exact) mass is 255 g/mol. The van der Waals surface area contributed by atoms with Gasteiger partial charge in [0.25, 0.3) is 0 Å². The number of likely N-dealkylation sites (N-methyl/N-ethyl adjacent to an activating group) is 1. The quantitative estimate of drug-likeness (QED) is 0.798. The first-order valence-electron chi connectivity index (χ1n) is 5.29. The molecule has 18 heavy (non-hydrogen) atoms. The Morgan fingerprint density at radius 2 is 2.06 bits per heavy atom. The highest BCUT2D eigenvalue weighted by atomic mass is 19.1. The summed E-state index contributed by atoms with van der Waals surface area (Å²) < 4.78 is 13.0. The minimum absolute atomic E-state index is 0.169. The molecule has 1 atom stereocenters. The van der Waals surface area contributed by atoms with Gasteiger partial charge in [-0.2, -0.15) is 0 Å². The van der Waals surface area contributed by atoms with Crippen molar-refractivity contribution < 1.29 is 24.2 Å². The van der Waals surface area contributed by atoms with Crippen LogP contribution in [-0.4, -0.2) is 40.1 Å². The first kappa shape index (κ1) is 14.1. The van der Waals surface area contributed by atoms with Gasteiger partial charge in [-0.05, 0) is 24.7 Å². The topological polar surface area (TPSA) is 77.8 Å². The standard InChI is InChI=1S/C12H14FNO4/c1-14(10(12(17)18)6-11(15)16)7-8-3-2-4-9(13)5-8/h2-5,10H,6-7H2,1H3,(H,15,16)(H,17,18). The summed E-state index contributed by atoms with van der Waals surface area (Å²) in [6.45, 7) is 0.169. The number of nitrogens with zero attached hydrogens (tertiary/aromatic N) is 1. The predicted molar refractivity (Wildman–Crippen MR) is 61.5 cm³/mol. The van der Waals surface area contributed by atoms with Gasteiger partial charge < -0.3 is 10.2 Å². The molecule has 6 heteroatoms. The van der Waals surface area contributed by atoms with Crippen molar-refractivity contribution in [3.63, 3.8) is 0 Å². The summed E-state index contributed by atoms with van der Waals surface area (Å²) in [5.41, 5.74) is 0.592. The maximum Gasteiger partial charge on any atom is 0.321 e. The van der Waals surface area contributed by atoms with E-state index in [1.807, 2.05) is 0 Å². The zero-order valence-corrected chi connectivity index (χ0v) is 9.84. The summed E-state index contributed by atoms with van der Waals surface area (Å²) in [5.74, 6) is -2.81. The highest BCUT2D eigenvalue weighted by molar-refractivity contribution is 5.80. The van der Waals surface area contributed by atoms with Crippen LogP contribution in [0.4, 0.5) is 4.39 Å². The second-order valence-corrected chi connectivity index (χ2v) is 4.00. The molecule has 1 aromatic carbocycles. The Hall–Kier alpha value is -1.95. The van der Waals surface area contributed by atoms with Crippen LogP contribution in [0.5, 0.6) is 0 Å².